The van der Waals surface area contributed by atoms with Crippen LogP contribution in [0.4, 0.5) is 0 Å². The quantitative estimate of drug-likeness (QED) is 0.254. The molecule has 0 bridgehead atoms. The Morgan fingerprint density at radius 1 is 0.444 bits per heavy atom. The lowest BCUT2D eigenvalue weighted by Crippen LogP contribution is -1.95. The average molecular weight is 460 g/mol. The highest BCUT2D eigenvalue weighted by atomic mass is 15.0. The van der Waals surface area contributed by atoms with E-state index in [0.29, 0.717) is 0 Å². The fourth-order valence-electron chi connectivity index (χ4n) is 5.85. The van der Waals surface area contributed by atoms with Crippen molar-refractivity contribution in [2.24, 2.45) is 0 Å². The molecule has 0 unspecified atom stereocenters. The zero-order valence-electron chi connectivity index (χ0n) is 19.5. The number of rotatable bonds is 2. The van der Waals surface area contributed by atoms with Crippen molar-refractivity contribution in [1.29, 1.82) is 0 Å². The van der Waals surface area contributed by atoms with Crippen LogP contribution in [0.5, 0.6) is 0 Å². The van der Waals surface area contributed by atoms with Gasteiger partial charge < -0.3 is 9.13 Å². The van der Waals surface area contributed by atoms with E-state index in [0.717, 1.165) is 16.6 Å². The third-order valence-electron chi connectivity index (χ3n) is 7.33. The number of fused-ring (bicyclic) bond motifs is 8. The Morgan fingerprint density at radius 3 is 1.75 bits per heavy atom. The molecule has 0 saturated heterocycles. The molecule has 0 N–H and O–H groups in total. The minimum Gasteiger partial charge on any atom is -0.309 e. The first-order chi connectivity index (χ1) is 17.9. The van der Waals surface area contributed by atoms with E-state index in [1.54, 1.807) is 0 Å². The molecule has 0 saturated carbocycles. The highest BCUT2D eigenvalue weighted by Crippen LogP contribution is 2.42. The first-order valence-electron chi connectivity index (χ1n) is 12.2. The Labute approximate surface area is 207 Å². The Morgan fingerprint density at radius 2 is 1.06 bits per heavy atom. The SMILES string of the molecule is c1ccc(-n2c3ccccc3c3c4c5ccccc5n(-c5ccc6cccnc6c5)c4ccc32)cc1. The second-order valence-corrected chi connectivity index (χ2v) is 9.27. The van der Waals surface area contributed by atoms with Crippen LogP contribution in [-0.4, -0.2) is 14.1 Å². The summed E-state index contributed by atoms with van der Waals surface area (Å²) < 4.78 is 4.77. The molecule has 5 aromatic carbocycles. The highest BCUT2D eigenvalue weighted by molar-refractivity contribution is 6.28. The van der Waals surface area contributed by atoms with E-state index >= 15 is 0 Å². The molecule has 0 atom stereocenters. The van der Waals surface area contributed by atoms with E-state index in [4.69, 9.17) is 0 Å². The number of hydrogen-bond acceptors (Lipinski definition) is 1. The maximum Gasteiger partial charge on any atom is 0.0722 e. The van der Waals surface area contributed by atoms with Crippen molar-refractivity contribution in [1.82, 2.24) is 14.1 Å². The Balaban J connectivity index is 1.57. The summed E-state index contributed by atoms with van der Waals surface area (Å²) in [5.74, 6) is 0. The summed E-state index contributed by atoms with van der Waals surface area (Å²) in [7, 11) is 0. The monoisotopic (exact) mass is 459 g/mol. The average Bonchev–Trinajstić information content (AvgIpc) is 3.46. The smallest absolute Gasteiger partial charge is 0.0722 e. The number of nitrogens with zero attached hydrogens (tertiary/aromatic N) is 3. The van der Waals surface area contributed by atoms with Crippen LogP contribution in [0.25, 0.3) is 65.9 Å². The molecule has 0 aliphatic carbocycles. The molecular weight excluding hydrogens is 438 g/mol. The molecule has 8 aromatic rings. The lowest BCUT2D eigenvalue weighted by molar-refractivity contribution is 1.17. The van der Waals surface area contributed by atoms with Crippen LogP contribution in [0.2, 0.25) is 0 Å². The van der Waals surface area contributed by atoms with Gasteiger partial charge in [-0.1, -0.05) is 66.7 Å². The molecule has 3 heteroatoms. The number of pyridine rings is 1. The van der Waals surface area contributed by atoms with E-state index in [-0.39, 0.29) is 0 Å². The first-order valence-corrected chi connectivity index (χ1v) is 12.2. The second kappa shape index (κ2) is 7.30. The third-order valence-corrected chi connectivity index (χ3v) is 7.33. The number of benzene rings is 5. The molecule has 8 rings (SSSR count). The van der Waals surface area contributed by atoms with Crippen molar-refractivity contribution in [3.8, 4) is 11.4 Å². The van der Waals surface area contributed by atoms with Crippen LogP contribution in [0.1, 0.15) is 0 Å². The minimum absolute atomic E-state index is 1.00. The van der Waals surface area contributed by atoms with Crippen LogP contribution < -0.4 is 0 Å². The summed E-state index contributed by atoms with van der Waals surface area (Å²) in [5, 5.41) is 6.26. The maximum atomic E-state index is 4.62. The van der Waals surface area contributed by atoms with Crippen molar-refractivity contribution in [3.05, 3.63) is 128 Å². The topological polar surface area (TPSA) is 22.8 Å². The van der Waals surface area contributed by atoms with Crippen LogP contribution >= 0.6 is 0 Å². The van der Waals surface area contributed by atoms with E-state index in [2.05, 4.69) is 129 Å². The van der Waals surface area contributed by atoms with Gasteiger partial charge in [0, 0.05) is 44.5 Å². The molecule has 0 aliphatic rings. The molecule has 3 heterocycles. The first kappa shape index (κ1) is 19.4. The zero-order valence-corrected chi connectivity index (χ0v) is 19.5. The summed E-state index contributed by atoms with van der Waals surface area (Å²) in [6.07, 6.45) is 1.86. The van der Waals surface area contributed by atoms with Gasteiger partial charge in [0.15, 0.2) is 0 Å². The summed E-state index contributed by atoms with van der Waals surface area (Å²) >= 11 is 0. The molecule has 0 spiro atoms. The van der Waals surface area contributed by atoms with Gasteiger partial charge in [0.1, 0.15) is 0 Å². The largest absolute Gasteiger partial charge is 0.309 e. The molecule has 0 radical (unpaired) electrons. The predicted octanol–water partition coefficient (Wildman–Crippen LogP) is 8.43. The van der Waals surface area contributed by atoms with Crippen LogP contribution in [-0.2, 0) is 0 Å². The molecule has 168 valence electrons. The van der Waals surface area contributed by atoms with Gasteiger partial charge in [-0.3, -0.25) is 4.98 Å². The van der Waals surface area contributed by atoms with Gasteiger partial charge in [-0.05, 0) is 54.6 Å². The van der Waals surface area contributed by atoms with Crippen LogP contribution in [0.15, 0.2) is 128 Å². The second-order valence-electron chi connectivity index (χ2n) is 9.27. The van der Waals surface area contributed by atoms with Gasteiger partial charge in [0.2, 0.25) is 0 Å². The standard InChI is InChI=1S/C33H21N3/c1-2-10-23(11-3-1)35-28-14-6-4-12-25(28)32-30(35)18-19-31-33(32)26-13-5-7-15-29(26)36(31)24-17-16-22-9-8-20-34-27(22)21-24/h1-21H. The highest BCUT2D eigenvalue weighted by Gasteiger charge is 2.20. The van der Waals surface area contributed by atoms with Crippen LogP contribution in [0, 0.1) is 0 Å². The van der Waals surface area contributed by atoms with Crippen molar-refractivity contribution in [3.63, 3.8) is 0 Å². The summed E-state index contributed by atoms with van der Waals surface area (Å²) in [6.45, 7) is 0. The van der Waals surface area contributed by atoms with Crippen molar-refractivity contribution >= 4 is 54.5 Å². The van der Waals surface area contributed by atoms with E-state index < -0.39 is 0 Å². The van der Waals surface area contributed by atoms with Gasteiger partial charge in [-0.15, -0.1) is 0 Å². The molecule has 3 aromatic heterocycles. The van der Waals surface area contributed by atoms with E-state index in [1.165, 1.54) is 49.3 Å². The minimum atomic E-state index is 1.00. The Bertz CT molecular complexity index is 2100. The van der Waals surface area contributed by atoms with Crippen LogP contribution in [0.3, 0.4) is 0 Å². The molecular formula is C33H21N3. The Hall–Kier alpha value is -4.89. The summed E-state index contributed by atoms with van der Waals surface area (Å²) in [5.41, 5.74) is 8.14. The maximum absolute atomic E-state index is 4.62. The fraction of sp³-hybridized carbons (Fsp3) is 0. The number of para-hydroxylation sites is 3. The van der Waals surface area contributed by atoms with Gasteiger partial charge in [0.05, 0.1) is 27.6 Å². The Kier molecular flexibility index (Phi) is 3.94. The van der Waals surface area contributed by atoms with Gasteiger partial charge in [-0.2, -0.15) is 0 Å². The number of hydrogen-bond donors (Lipinski definition) is 0. The third kappa shape index (κ3) is 2.60. The zero-order chi connectivity index (χ0) is 23.6. The molecule has 36 heavy (non-hydrogen) atoms. The predicted molar refractivity (Wildman–Crippen MR) is 150 cm³/mol. The lowest BCUT2D eigenvalue weighted by atomic mass is 10.1. The molecule has 0 amide bonds. The van der Waals surface area contributed by atoms with E-state index in [9.17, 15) is 0 Å². The van der Waals surface area contributed by atoms with Crippen molar-refractivity contribution in [2.75, 3.05) is 0 Å². The number of aromatic nitrogens is 3. The normalized spacial score (nSPS) is 11.9. The van der Waals surface area contributed by atoms with Crippen molar-refractivity contribution < 1.29 is 0 Å². The lowest BCUT2D eigenvalue weighted by Gasteiger charge is -2.10. The molecule has 3 nitrogen and oxygen atoms in total. The van der Waals surface area contributed by atoms with E-state index in [1.807, 2.05) is 12.3 Å². The van der Waals surface area contributed by atoms with Gasteiger partial charge in [0.25, 0.3) is 0 Å². The van der Waals surface area contributed by atoms with Gasteiger partial charge in [-0.25, -0.2) is 0 Å². The van der Waals surface area contributed by atoms with Gasteiger partial charge >= 0.3 is 0 Å². The summed E-state index contributed by atoms with van der Waals surface area (Å²) in [4.78, 5) is 4.62. The molecule has 0 fully saturated rings. The molecule has 0 aliphatic heterocycles. The summed E-state index contributed by atoms with van der Waals surface area (Å²) in [6, 6.07) is 43.3. The fourth-order valence-corrected chi connectivity index (χ4v) is 5.85. The van der Waals surface area contributed by atoms with Crippen molar-refractivity contribution in [2.45, 2.75) is 0 Å².